The summed E-state index contributed by atoms with van der Waals surface area (Å²) in [5, 5.41) is 0. The van der Waals surface area contributed by atoms with Crippen molar-refractivity contribution in [3.63, 3.8) is 0 Å². The van der Waals surface area contributed by atoms with Gasteiger partial charge in [-0.2, -0.15) is 0 Å². The Kier molecular flexibility index (Phi) is 6.80. The molecule has 0 aromatic heterocycles. The Morgan fingerprint density at radius 3 is 2.12 bits per heavy atom. The van der Waals surface area contributed by atoms with Gasteiger partial charge >= 0.3 is 0 Å². The summed E-state index contributed by atoms with van der Waals surface area (Å²) in [6.07, 6.45) is 0.188. The first kappa shape index (κ1) is 19.4. The summed E-state index contributed by atoms with van der Waals surface area (Å²) in [5.41, 5.74) is 3.66. The second-order valence-electron chi connectivity index (χ2n) is 7.25. The Labute approximate surface area is 162 Å². The average molecular weight is 439 g/mol. The molecule has 4 heteroatoms. The third kappa shape index (κ3) is 5.28. The molecule has 0 aliphatic carbocycles. The first-order chi connectivity index (χ1) is 11.0. The van der Waals surface area contributed by atoms with Gasteiger partial charge in [0.2, 0.25) is 0 Å². The van der Waals surface area contributed by atoms with Crippen LogP contribution in [0, 0.1) is 0 Å². The Morgan fingerprint density at radius 1 is 0.875 bits per heavy atom. The van der Waals surface area contributed by atoms with Crippen LogP contribution in [-0.2, 0) is 9.47 Å². The summed E-state index contributed by atoms with van der Waals surface area (Å²) < 4.78 is 12.9. The zero-order valence-electron chi connectivity index (χ0n) is 14.6. The van der Waals surface area contributed by atoms with E-state index in [2.05, 4.69) is 69.7 Å². The smallest absolute Gasteiger partial charge is 0.130 e. The summed E-state index contributed by atoms with van der Waals surface area (Å²) in [6, 6.07) is 19.1. The van der Waals surface area contributed by atoms with Crippen molar-refractivity contribution in [3.05, 3.63) is 60.2 Å². The maximum atomic E-state index is 6.25. The number of halogens is 1. The van der Waals surface area contributed by atoms with Gasteiger partial charge in [0.25, 0.3) is 0 Å². The highest BCUT2D eigenvalue weighted by molar-refractivity contribution is 5.63. The fourth-order valence-corrected chi connectivity index (χ4v) is 3.02. The van der Waals surface area contributed by atoms with Crippen molar-refractivity contribution >= 4 is 0 Å². The van der Waals surface area contributed by atoms with E-state index in [9.17, 15) is 0 Å². The molecule has 0 saturated carbocycles. The van der Waals surface area contributed by atoms with Crippen LogP contribution in [0.3, 0.4) is 0 Å². The molecule has 2 atom stereocenters. The number of nitrogens with zero attached hydrogens (tertiary/aromatic N) is 1. The van der Waals surface area contributed by atoms with Crippen molar-refractivity contribution < 1.29 is 37.9 Å². The monoisotopic (exact) mass is 439 g/mol. The van der Waals surface area contributed by atoms with Crippen LogP contribution >= 0.6 is 0 Å². The highest BCUT2D eigenvalue weighted by Crippen LogP contribution is 2.27. The van der Waals surface area contributed by atoms with Crippen molar-refractivity contribution in [2.24, 2.45) is 0 Å². The topological polar surface area (TPSA) is 18.5 Å². The first-order valence-corrected chi connectivity index (χ1v) is 8.20. The Balaban J connectivity index is 0.00000208. The van der Waals surface area contributed by atoms with Crippen LogP contribution in [0.15, 0.2) is 54.6 Å². The second kappa shape index (κ2) is 8.43. The van der Waals surface area contributed by atoms with Gasteiger partial charge in [-0.1, -0.05) is 54.6 Å². The van der Waals surface area contributed by atoms with Crippen molar-refractivity contribution in [2.75, 3.05) is 40.9 Å². The summed E-state index contributed by atoms with van der Waals surface area (Å²) in [5.74, 6) is 0. The molecule has 1 aliphatic rings. The first-order valence-electron chi connectivity index (χ1n) is 8.20. The van der Waals surface area contributed by atoms with E-state index in [1.807, 2.05) is 6.07 Å². The van der Waals surface area contributed by atoms with E-state index in [0.29, 0.717) is 13.2 Å². The van der Waals surface area contributed by atoms with Gasteiger partial charge in [0, 0.05) is 0 Å². The lowest BCUT2D eigenvalue weighted by molar-refractivity contribution is -0.874. The maximum Gasteiger partial charge on any atom is 0.130 e. The highest BCUT2D eigenvalue weighted by Gasteiger charge is 2.28. The molecule has 3 rings (SSSR count). The minimum atomic E-state index is 0. The molecule has 3 nitrogen and oxygen atoms in total. The van der Waals surface area contributed by atoms with Crippen LogP contribution in [-0.4, -0.2) is 51.5 Å². The molecule has 1 heterocycles. The van der Waals surface area contributed by atoms with Crippen LogP contribution in [0.1, 0.15) is 11.7 Å². The predicted octanol–water partition coefficient (Wildman–Crippen LogP) is 0.520. The van der Waals surface area contributed by atoms with E-state index in [1.54, 1.807) is 0 Å². The molecular formula is C20H26INO2. The minimum Gasteiger partial charge on any atom is -1.00 e. The maximum absolute atomic E-state index is 6.25. The number of likely N-dealkylation sites (N-methyl/N-ethyl adjacent to an activating group) is 1. The van der Waals surface area contributed by atoms with Gasteiger partial charge < -0.3 is 37.9 Å². The third-order valence-electron chi connectivity index (χ3n) is 4.07. The Bertz CT molecular complexity index is 622. The molecule has 24 heavy (non-hydrogen) atoms. The van der Waals surface area contributed by atoms with Crippen molar-refractivity contribution in [1.82, 2.24) is 0 Å². The summed E-state index contributed by atoms with van der Waals surface area (Å²) in [6.45, 7) is 2.28. The number of hydrogen-bond acceptors (Lipinski definition) is 2. The van der Waals surface area contributed by atoms with Gasteiger partial charge in [0.15, 0.2) is 0 Å². The quantitative estimate of drug-likeness (QED) is 0.511. The normalized spacial score (nSPS) is 21.1. The van der Waals surface area contributed by atoms with E-state index in [4.69, 9.17) is 9.47 Å². The number of hydrogen-bond donors (Lipinski definition) is 0. The highest BCUT2D eigenvalue weighted by atomic mass is 127. The van der Waals surface area contributed by atoms with Crippen LogP contribution in [0.4, 0.5) is 0 Å². The lowest BCUT2D eigenvalue weighted by atomic mass is 10.0. The van der Waals surface area contributed by atoms with E-state index in [0.717, 1.165) is 11.0 Å². The number of quaternary nitrogens is 1. The zero-order valence-corrected chi connectivity index (χ0v) is 16.8. The number of benzene rings is 2. The molecule has 0 radical (unpaired) electrons. The lowest BCUT2D eigenvalue weighted by Gasteiger charge is -2.35. The molecule has 130 valence electrons. The standard InChI is InChI=1S/C20H26NO2.HI/c1-21(2,3)13-19-14-22-15-20(23-19)18-11-9-17(10-12-18)16-7-5-4-6-8-16;/h4-12,19-20H,13-15H2,1-3H3;1H/q+1;/p-1/t19-,20-;/m1./s1. The van der Waals surface area contributed by atoms with Crippen molar-refractivity contribution in [3.8, 4) is 11.1 Å². The fourth-order valence-electron chi connectivity index (χ4n) is 3.02. The van der Waals surface area contributed by atoms with Crippen LogP contribution in [0.2, 0.25) is 0 Å². The summed E-state index contributed by atoms with van der Waals surface area (Å²) in [7, 11) is 6.55. The van der Waals surface area contributed by atoms with Gasteiger partial charge in [-0.3, -0.25) is 0 Å². The summed E-state index contributed by atoms with van der Waals surface area (Å²) >= 11 is 0. The molecule has 1 fully saturated rings. The summed E-state index contributed by atoms with van der Waals surface area (Å²) in [4.78, 5) is 0. The van der Waals surface area contributed by atoms with Gasteiger partial charge in [-0.05, 0) is 16.7 Å². The zero-order chi connectivity index (χ0) is 16.3. The predicted molar refractivity (Wildman–Crippen MR) is 93.2 cm³/mol. The van der Waals surface area contributed by atoms with Crippen molar-refractivity contribution in [1.29, 1.82) is 0 Å². The van der Waals surface area contributed by atoms with Gasteiger partial charge in [-0.25, -0.2) is 0 Å². The van der Waals surface area contributed by atoms with Crippen LogP contribution in [0.5, 0.6) is 0 Å². The SMILES string of the molecule is C[N+](C)(C)C[C@@H]1COC[C@H](c2ccc(-c3ccccc3)cc2)O1.[I-]. The molecule has 1 saturated heterocycles. The second-order valence-corrected chi connectivity index (χ2v) is 7.25. The van der Waals surface area contributed by atoms with E-state index in [1.165, 1.54) is 16.7 Å². The Hall–Kier alpha value is -0.950. The Morgan fingerprint density at radius 2 is 1.50 bits per heavy atom. The van der Waals surface area contributed by atoms with E-state index in [-0.39, 0.29) is 36.2 Å². The molecule has 0 amide bonds. The molecule has 1 aliphatic heterocycles. The molecule has 2 aromatic carbocycles. The van der Waals surface area contributed by atoms with Gasteiger partial charge in [-0.15, -0.1) is 0 Å². The molecular weight excluding hydrogens is 413 g/mol. The fraction of sp³-hybridized carbons (Fsp3) is 0.400. The molecule has 2 aromatic rings. The average Bonchev–Trinajstić information content (AvgIpc) is 2.55. The molecule has 0 bridgehead atoms. The van der Waals surface area contributed by atoms with Crippen LogP contribution in [0.25, 0.3) is 11.1 Å². The van der Waals surface area contributed by atoms with E-state index >= 15 is 0 Å². The van der Waals surface area contributed by atoms with Gasteiger partial charge in [0.05, 0.1) is 34.4 Å². The minimum absolute atomic E-state index is 0. The number of ether oxygens (including phenoxy) is 2. The largest absolute Gasteiger partial charge is 1.00 e. The number of rotatable bonds is 4. The molecule has 0 spiro atoms. The van der Waals surface area contributed by atoms with Gasteiger partial charge in [0.1, 0.15) is 18.8 Å². The lowest BCUT2D eigenvalue weighted by Crippen LogP contribution is -3.00. The molecule has 0 unspecified atom stereocenters. The van der Waals surface area contributed by atoms with Crippen molar-refractivity contribution in [2.45, 2.75) is 12.2 Å². The third-order valence-corrected chi connectivity index (χ3v) is 4.07. The van der Waals surface area contributed by atoms with E-state index < -0.39 is 0 Å². The van der Waals surface area contributed by atoms with Crippen LogP contribution < -0.4 is 24.0 Å². The molecule has 0 N–H and O–H groups in total.